The van der Waals surface area contributed by atoms with E-state index in [1.165, 1.54) is 0 Å². The fourth-order valence-electron chi connectivity index (χ4n) is 1.48. The van der Waals surface area contributed by atoms with Crippen LogP contribution in [0.25, 0.3) is 0 Å². The maximum Gasteiger partial charge on any atom is 0.157 e. The second kappa shape index (κ2) is 5.74. The van der Waals surface area contributed by atoms with E-state index >= 15 is 0 Å². The standard InChI is InChI=1S/C12H10Cl3N3/c1-7-17-11(14)10(12(15)18-7)16-6-8-4-2-3-5-9(8)13/h2-5,16H,6H2,1H3. The Morgan fingerprint density at radius 2 is 1.67 bits per heavy atom. The molecule has 0 bridgehead atoms. The number of hydrogen-bond acceptors (Lipinski definition) is 3. The second-order valence-electron chi connectivity index (χ2n) is 3.67. The molecular formula is C12H10Cl3N3. The summed E-state index contributed by atoms with van der Waals surface area (Å²) in [6.07, 6.45) is 0. The first-order chi connectivity index (χ1) is 8.58. The number of nitrogens with zero attached hydrogens (tertiary/aromatic N) is 2. The van der Waals surface area contributed by atoms with Crippen molar-refractivity contribution in [1.29, 1.82) is 0 Å². The van der Waals surface area contributed by atoms with Gasteiger partial charge in [0.15, 0.2) is 10.3 Å². The first-order valence-electron chi connectivity index (χ1n) is 5.25. The molecule has 2 rings (SSSR count). The molecule has 0 fully saturated rings. The molecule has 0 atom stereocenters. The van der Waals surface area contributed by atoms with Gasteiger partial charge in [0, 0.05) is 11.6 Å². The van der Waals surface area contributed by atoms with Crippen molar-refractivity contribution in [2.45, 2.75) is 13.5 Å². The Morgan fingerprint density at radius 1 is 1.06 bits per heavy atom. The lowest BCUT2D eigenvalue weighted by Crippen LogP contribution is -2.04. The van der Waals surface area contributed by atoms with Gasteiger partial charge in [-0.25, -0.2) is 9.97 Å². The van der Waals surface area contributed by atoms with E-state index in [-0.39, 0.29) is 0 Å². The lowest BCUT2D eigenvalue weighted by Gasteiger charge is -2.10. The maximum absolute atomic E-state index is 6.06. The van der Waals surface area contributed by atoms with Crippen LogP contribution in [-0.2, 0) is 6.54 Å². The first-order valence-corrected chi connectivity index (χ1v) is 6.38. The summed E-state index contributed by atoms with van der Waals surface area (Å²) in [7, 11) is 0. The fraction of sp³-hybridized carbons (Fsp3) is 0.167. The van der Waals surface area contributed by atoms with E-state index in [0.29, 0.717) is 33.4 Å². The Bertz CT molecular complexity index is 549. The third-order valence-electron chi connectivity index (χ3n) is 2.35. The van der Waals surface area contributed by atoms with Crippen molar-refractivity contribution in [2.24, 2.45) is 0 Å². The van der Waals surface area contributed by atoms with Crippen LogP contribution in [0.1, 0.15) is 11.4 Å². The predicted octanol–water partition coefficient (Wildman–Crippen LogP) is 4.36. The molecule has 94 valence electrons. The average Bonchev–Trinajstić information content (AvgIpc) is 2.30. The molecule has 0 aliphatic heterocycles. The zero-order chi connectivity index (χ0) is 13.1. The number of anilines is 1. The highest BCUT2D eigenvalue weighted by Gasteiger charge is 2.10. The van der Waals surface area contributed by atoms with E-state index in [4.69, 9.17) is 34.8 Å². The van der Waals surface area contributed by atoms with Crippen LogP contribution in [0.4, 0.5) is 5.69 Å². The predicted molar refractivity (Wildman–Crippen MR) is 75.6 cm³/mol. The molecule has 0 radical (unpaired) electrons. The minimum absolute atomic E-state index is 0.305. The van der Waals surface area contributed by atoms with Crippen molar-refractivity contribution in [3.8, 4) is 0 Å². The molecule has 0 spiro atoms. The maximum atomic E-state index is 6.06. The molecule has 0 saturated heterocycles. The van der Waals surface area contributed by atoms with Gasteiger partial charge in [-0.05, 0) is 18.6 Å². The monoisotopic (exact) mass is 301 g/mol. The topological polar surface area (TPSA) is 37.8 Å². The molecule has 18 heavy (non-hydrogen) atoms. The van der Waals surface area contributed by atoms with Crippen molar-refractivity contribution in [2.75, 3.05) is 5.32 Å². The highest BCUT2D eigenvalue weighted by atomic mass is 35.5. The van der Waals surface area contributed by atoms with Crippen LogP contribution in [-0.4, -0.2) is 9.97 Å². The van der Waals surface area contributed by atoms with E-state index in [9.17, 15) is 0 Å². The van der Waals surface area contributed by atoms with Gasteiger partial charge in [-0.1, -0.05) is 53.0 Å². The first kappa shape index (κ1) is 13.4. The summed E-state index contributed by atoms with van der Waals surface area (Å²) in [5.41, 5.74) is 1.47. The Hall–Kier alpha value is -1.03. The summed E-state index contributed by atoms with van der Waals surface area (Å²) in [5.74, 6) is 0.535. The van der Waals surface area contributed by atoms with E-state index in [2.05, 4.69) is 15.3 Å². The summed E-state index contributed by atoms with van der Waals surface area (Å²) in [4.78, 5) is 8.09. The lowest BCUT2D eigenvalue weighted by molar-refractivity contribution is 1.04. The van der Waals surface area contributed by atoms with Crippen LogP contribution < -0.4 is 5.32 Å². The van der Waals surface area contributed by atoms with E-state index in [1.54, 1.807) is 6.92 Å². The number of nitrogens with one attached hydrogen (secondary N) is 1. The fourth-order valence-corrected chi connectivity index (χ4v) is 2.29. The number of rotatable bonds is 3. The van der Waals surface area contributed by atoms with E-state index < -0.39 is 0 Å². The SMILES string of the molecule is Cc1nc(Cl)c(NCc2ccccc2Cl)c(Cl)n1. The number of benzene rings is 1. The molecule has 1 N–H and O–H groups in total. The molecule has 2 aromatic rings. The second-order valence-corrected chi connectivity index (χ2v) is 4.80. The minimum atomic E-state index is 0.305. The van der Waals surface area contributed by atoms with E-state index in [1.807, 2.05) is 24.3 Å². The molecule has 0 amide bonds. The minimum Gasteiger partial charge on any atom is -0.376 e. The van der Waals surface area contributed by atoms with Gasteiger partial charge in [-0.2, -0.15) is 0 Å². The molecule has 0 saturated carbocycles. The van der Waals surface area contributed by atoms with Gasteiger partial charge >= 0.3 is 0 Å². The van der Waals surface area contributed by atoms with Gasteiger partial charge in [0.1, 0.15) is 11.5 Å². The quantitative estimate of drug-likeness (QED) is 0.856. The summed E-state index contributed by atoms with van der Waals surface area (Å²) >= 11 is 18.1. The highest BCUT2D eigenvalue weighted by molar-refractivity contribution is 6.37. The molecule has 1 heterocycles. The van der Waals surface area contributed by atoms with Crippen LogP contribution in [0, 0.1) is 6.92 Å². The van der Waals surface area contributed by atoms with Gasteiger partial charge in [0.05, 0.1) is 0 Å². The normalized spacial score (nSPS) is 10.4. The smallest absolute Gasteiger partial charge is 0.157 e. The summed E-state index contributed by atoms with van der Waals surface area (Å²) < 4.78 is 0. The molecule has 6 heteroatoms. The number of halogens is 3. The van der Waals surface area contributed by atoms with E-state index in [0.717, 1.165) is 5.56 Å². The molecule has 1 aromatic carbocycles. The summed E-state index contributed by atoms with van der Waals surface area (Å²) in [5, 5.41) is 4.39. The van der Waals surface area contributed by atoms with Crippen molar-refractivity contribution in [1.82, 2.24) is 9.97 Å². The number of aryl methyl sites for hydroxylation is 1. The van der Waals surface area contributed by atoms with Crippen molar-refractivity contribution >= 4 is 40.5 Å². The largest absolute Gasteiger partial charge is 0.376 e. The average molecular weight is 303 g/mol. The van der Waals surface area contributed by atoms with Gasteiger partial charge in [-0.3, -0.25) is 0 Å². The van der Waals surface area contributed by atoms with Crippen LogP contribution in [0.15, 0.2) is 24.3 Å². The van der Waals surface area contributed by atoms with Gasteiger partial charge in [0.25, 0.3) is 0 Å². The van der Waals surface area contributed by atoms with Crippen molar-refractivity contribution in [3.05, 3.63) is 51.0 Å². The Morgan fingerprint density at radius 3 is 2.28 bits per heavy atom. The molecule has 0 aliphatic carbocycles. The summed E-state index contributed by atoms with van der Waals surface area (Å²) in [6.45, 7) is 2.24. The number of hydrogen-bond donors (Lipinski definition) is 1. The highest BCUT2D eigenvalue weighted by Crippen LogP contribution is 2.28. The van der Waals surface area contributed by atoms with Crippen LogP contribution >= 0.6 is 34.8 Å². The lowest BCUT2D eigenvalue weighted by atomic mass is 10.2. The van der Waals surface area contributed by atoms with Crippen molar-refractivity contribution in [3.63, 3.8) is 0 Å². The zero-order valence-corrected chi connectivity index (χ0v) is 11.8. The third kappa shape index (κ3) is 3.05. The molecule has 1 aromatic heterocycles. The van der Waals surface area contributed by atoms with Crippen LogP contribution in [0.2, 0.25) is 15.3 Å². The zero-order valence-electron chi connectivity index (χ0n) is 9.54. The van der Waals surface area contributed by atoms with Gasteiger partial charge < -0.3 is 5.32 Å². The van der Waals surface area contributed by atoms with Crippen LogP contribution in [0.3, 0.4) is 0 Å². The Balaban J connectivity index is 2.19. The summed E-state index contributed by atoms with van der Waals surface area (Å²) in [6, 6.07) is 7.54. The Labute approximate surface area is 120 Å². The Kier molecular flexibility index (Phi) is 4.27. The van der Waals surface area contributed by atoms with Gasteiger partial charge in [-0.15, -0.1) is 0 Å². The van der Waals surface area contributed by atoms with Gasteiger partial charge in [0.2, 0.25) is 0 Å². The molecule has 3 nitrogen and oxygen atoms in total. The third-order valence-corrected chi connectivity index (χ3v) is 3.26. The van der Waals surface area contributed by atoms with Crippen molar-refractivity contribution < 1.29 is 0 Å². The van der Waals surface area contributed by atoms with Crippen LogP contribution in [0.5, 0.6) is 0 Å². The number of aromatic nitrogens is 2. The molecule has 0 unspecified atom stereocenters. The molecular weight excluding hydrogens is 293 g/mol. The molecule has 0 aliphatic rings.